The predicted octanol–water partition coefficient (Wildman–Crippen LogP) is 2.91. The van der Waals surface area contributed by atoms with Crippen molar-refractivity contribution in [2.24, 2.45) is 17.3 Å². The topological polar surface area (TPSA) is 32.3 Å². The van der Waals surface area contributed by atoms with Gasteiger partial charge in [-0.15, -0.1) is 0 Å². The number of nitrogens with one attached hydrogen (secondary N) is 1. The number of piperidine rings is 1. The normalized spacial score (nSPS) is 19.2. The van der Waals surface area contributed by atoms with Gasteiger partial charge in [0.15, 0.2) is 0 Å². The van der Waals surface area contributed by atoms with Crippen molar-refractivity contribution in [3.05, 3.63) is 0 Å². The summed E-state index contributed by atoms with van der Waals surface area (Å²) >= 11 is 0. The van der Waals surface area contributed by atoms with Gasteiger partial charge in [-0.05, 0) is 49.6 Å². The number of hydrogen-bond acceptors (Lipinski definition) is 2. The molecule has 0 bridgehead atoms. The van der Waals surface area contributed by atoms with Gasteiger partial charge in [-0.25, -0.2) is 0 Å². The Kier molecular flexibility index (Phi) is 6.31. The zero-order valence-electron chi connectivity index (χ0n) is 13.5. The Balaban J connectivity index is 2.28. The third-order valence-corrected chi connectivity index (χ3v) is 4.72. The van der Waals surface area contributed by atoms with Crippen molar-refractivity contribution in [1.29, 1.82) is 0 Å². The van der Waals surface area contributed by atoms with E-state index < -0.39 is 0 Å². The van der Waals surface area contributed by atoms with Crippen molar-refractivity contribution in [2.45, 2.75) is 53.4 Å². The predicted molar refractivity (Wildman–Crippen MR) is 81.1 cm³/mol. The van der Waals surface area contributed by atoms with Crippen LogP contribution in [0.1, 0.15) is 53.4 Å². The fraction of sp³-hybridized carbons (Fsp3) is 0.938. The molecule has 0 aliphatic carbocycles. The largest absolute Gasteiger partial charge is 0.346 e. The minimum atomic E-state index is 0.214. The minimum Gasteiger partial charge on any atom is -0.346 e. The van der Waals surface area contributed by atoms with E-state index in [9.17, 15) is 4.79 Å². The SMILES string of the molecule is CC(CC(=O)N(C)CCC1CCNCC1)C(C)(C)C. The molecule has 1 heterocycles. The second-order valence-electron chi connectivity index (χ2n) is 7.27. The van der Waals surface area contributed by atoms with Gasteiger partial charge in [0, 0.05) is 20.0 Å². The van der Waals surface area contributed by atoms with E-state index >= 15 is 0 Å². The summed E-state index contributed by atoms with van der Waals surface area (Å²) in [6.45, 7) is 12.0. The second kappa shape index (κ2) is 7.28. The molecule has 1 saturated heterocycles. The molecule has 0 aromatic heterocycles. The Morgan fingerprint density at radius 1 is 1.32 bits per heavy atom. The van der Waals surface area contributed by atoms with Crippen LogP contribution in [0.5, 0.6) is 0 Å². The standard InChI is InChI=1S/C16H32N2O/c1-13(16(2,3)4)12-15(19)18(5)11-8-14-6-9-17-10-7-14/h13-14,17H,6-12H2,1-5H3. The summed E-state index contributed by atoms with van der Waals surface area (Å²) in [4.78, 5) is 14.1. The molecule has 1 N–H and O–H groups in total. The van der Waals surface area contributed by atoms with Gasteiger partial charge in [-0.2, -0.15) is 0 Å². The highest BCUT2D eigenvalue weighted by Gasteiger charge is 2.24. The van der Waals surface area contributed by atoms with Crippen molar-refractivity contribution in [3.63, 3.8) is 0 Å². The van der Waals surface area contributed by atoms with Crippen molar-refractivity contribution in [3.8, 4) is 0 Å². The summed E-state index contributed by atoms with van der Waals surface area (Å²) in [5.41, 5.74) is 0.214. The van der Waals surface area contributed by atoms with E-state index in [2.05, 4.69) is 33.0 Å². The Labute approximate surface area is 119 Å². The smallest absolute Gasteiger partial charge is 0.222 e. The maximum Gasteiger partial charge on any atom is 0.222 e. The van der Waals surface area contributed by atoms with E-state index in [1.807, 2.05) is 11.9 Å². The lowest BCUT2D eigenvalue weighted by molar-refractivity contribution is -0.131. The molecule has 19 heavy (non-hydrogen) atoms. The van der Waals surface area contributed by atoms with Crippen molar-refractivity contribution < 1.29 is 4.79 Å². The van der Waals surface area contributed by atoms with Crippen LogP contribution >= 0.6 is 0 Å². The molecule has 1 aliphatic rings. The Bertz CT molecular complexity index is 277. The number of nitrogens with zero attached hydrogens (tertiary/aromatic N) is 1. The first kappa shape index (κ1) is 16.5. The quantitative estimate of drug-likeness (QED) is 0.831. The van der Waals surface area contributed by atoms with Gasteiger partial charge >= 0.3 is 0 Å². The van der Waals surface area contributed by atoms with Crippen molar-refractivity contribution in [1.82, 2.24) is 10.2 Å². The monoisotopic (exact) mass is 268 g/mol. The molecule has 0 aromatic rings. The maximum atomic E-state index is 12.2. The molecule has 1 aliphatic heterocycles. The van der Waals surface area contributed by atoms with Crippen LogP contribution in [0.4, 0.5) is 0 Å². The number of hydrogen-bond donors (Lipinski definition) is 1. The molecule has 1 unspecified atom stereocenters. The summed E-state index contributed by atoms with van der Waals surface area (Å²) in [7, 11) is 1.96. The summed E-state index contributed by atoms with van der Waals surface area (Å²) in [5, 5.41) is 3.39. The Morgan fingerprint density at radius 3 is 2.42 bits per heavy atom. The van der Waals surface area contributed by atoms with E-state index in [0.29, 0.717) is 18.2 Å². The Morgan fingerprint density at radius 2 is 1.89 bits per heavy atom. The fourth-order valence-corrected chi connectivity index (χ4v) is 2.40. The zero-order valence-corrected chi connectivity index (χ0v) is 13.5. The van der Waals surface area contributed by atoms with Crippen LogP contribution in [-0.4, -0.2) is 37.5 Å². The van der Waals surface area contributed by atoms with Crippen LogP contribution in [0.3, 0.4) is 0 Å². The number of carbonyl (C=O) groups excluding carboxylic acids is 1. The summed E-state index contributed by atoms with van der Waals surface area (Å²) in [6.07, 6.45) is 4.36. The van der Waals surface area contributed by atoms with Crippen LogP contribution in [0.25, 0.3) is 0 Å². The molecule has 112 valence electrons. The molecule has 0 spiro atoms. The van der Waals surface area contributed by atoms with Crippen molar-refractivity contribution >= 4 is 5.91 Å². The molecule has 3 heteroatoms. The molecule has 0 saturated carbocycles. The van der Waals surface area contributed by atoms with Crippen LogP contribution in [0, 0.1) is 17.3 Å². The van der Waals surface area contributed by atoms with E-state index in [-0.39, 0.29) is 5.41 Å². The van der Waals surface area contributed by atoms with Gasteiger partial charge in [-0.3, -0.25) is 4.79 Å². The van der Waals surface area contributed by atoms with Crippen LogP contribution in [0.2, 0.25) is 0 Å². The average molecular weight is 268 g/mol. The lowest BCUT2D eigenvalue weighted by Crippen LogP contribution is -2.34. The fourth-order valence-electron chi connectivity index (χ4n) is 2.40. The highest BCUT2D eigenvalue weighted by atomic mass is 16.2. The summed E-state index contributed by atoms with van der Waals surface area (Å²) < 4.78 is 0. The lowest BCUT2D eigenvalue weighted by atomic mass is 9.80. The molecule has 0 radical (unpaired) electrons. The maximum absolute atomic E-state index is 12.2. The average Bonchev–Trinajstić information content (AvgIpc) is 2.35. The molecular weight excluding hydrogens is 236 g/mol. The highest BCUT2D eigenvalue weighted by molar-refractivity contribution is 5.76. The number of rotatable bonds is 5. The van der Waals surface area contributed by atoms with Gasteiger partial charge in [0.2, 0.25) is 5.91 Å². The zero-order chi connectivity index (χ0) is 14.5. The van der Waals surface area contributed by atoms with Gasteiger partial charge in [0.1, 0.15) is 0 Å². The first-order valence-corrected chi connectivity index (χ1v) is 7.75. The molecule has 3 nitrogen and oxygen atoms in total. The Hall–Kier alpha value is -0.570. The van der Waals surface area contributed by atoms with E-state index in [1.54, 1.807) is 0 Å². The molecular formula is C16H32N2O. The molecule has 1 amide bonds. The van der Waals surface area contributed by atoms with Crippen LogP contribution in [-0.2, 0) is 4.79 Å². The van der Waals surface area contributed by atoms with Crippen LogP contribution < -0.4 is 5.32 Å². The van der Waals surface area contributed by atoms with Gasteiger partial charge < -0.3 is 10.2 Å². The first-order chi connectivity index (χ1) is 8.80. The lowest BCUT2D eigenvalue weighted by Gasteiger charge is -2.29. The molecule has 1 atom stereocenters. The van der Waals surface area contributed by atoms with Gasteiger partial charge in [0.25, 0.3) is 0 Å². The first-order valence-electron chi connectivity index (χ1n) is 7.75. The van der Waals surface area contributed by atoms with Gasteiger partial charge in [-0.1, -0.05) is 27.7 Å². The van der Waals surface area contributed by atoms with Crippen LogP contribution in [0.15, 0.2) is 0 Å². The second-order valence-corrected chi connectivity index (χ2v) is 7.27. The summed E-state index contributed by atoms with van der Waals surface area (Å²) in [6, 6.07) is 0. The summed E-state index contributed by atoms with van der Waals surface area (Å²) in [5.74, 6) is 1.54. The molecule has 1 rings (SSSR count). The van der Waals surface area contributed by atoms with E-state index in [1.165, 1.54) is 12.8 Å². The number of carbonyl (C=O) groups is 1. The number of amides is 1. The highest BCUT2D eigenvalue weighted by Crippen LogP contribution is 2.28. The van der Waals surface area contributed by atoms with E-state index in [0.717, 1.165) is 32.0 Å². The van der Waals surface area contributed by atoms with E-state index in [4.69, 9.17) is 0 Å². The van der Waals surface area contributed by atoms with Crippen molar-refractivity contribution in [2.75, 3.05) is 26.7 Å². The third kappa shape index (κ3) is 5.94. The van der Waals surface area contributed by atoms with Gasteiger partial charge in [0.05, 0.1) is 0 Å². The third-order valence-electron chi connectivity index (χ3n) is 4.72. The minimum absolute atomic E-state index is 0.214. The molecule has 1 fully saturated rings. The molecule has 0 aromatic carbocycles.